The Morgan fingerprint density at radius 2 is 1.74 bits per heavy atom. The minimum Gasteiger partial charge on any atom is -0.354 e. The summed E-state index contributed by atoms with van der Waals surface area (Å²) in [5, 5.41) is 7.34. The maximum Gasteiger partial charge on any atom is 0.191 e. The number of nitrogens with zero attached hydrogens (tertiary/aromatic N) is 2. The molecule has 1 aromatic carbocycles. The van der Waals surface area contributed by atoms with Gasteiger partial charge in [-0.25, -0.2) is 0 Å². The monoisotopic (exact) mass is 560 g/mol. The Morgan fingerprint density at radius 3 is 2.39 bits per heavy atom. The molecule has 0 spiro atoms. The van der Waals surface area contributed by atoms with Gasteiger partial charge in [-0.15, -0.1) is 24.0 Å². The van der Waals surface area contributed by atoms with Crippen LogP contribution in [-0.2, 0) is 23.9 Å². The van der Waals surface area contributed by atoms with Gasteiger partial charge in [0.2, 0.25) is 0 Å². The molecule has 1 saturated heterocycles. The van der Waals surface area contributed by atoms with Crippen LogP contribution in [0.3, 0.4) is 0 Å². The highest BCUT2D eigenvalue weighted by molar-refractivity contribution is 14.0. The molecule has 3 atom stereocenters. The van der Waals surface area contributed by atoms with E-state index in [-0.39, 0.29) is 24.0 Å². The lowest BCUT2D eigenvalue weighted by Gasteiger charge is -2.30. The summed E-state index contributed by atoms with van der Waals surface area (Å²) in [6.07, 6.45) is 9.78. The lowest BCUT2D eigenvalue weighted by Crippen LogP contribution is -2.46. The van der Waals surface area contributed by atoms with Crippen molar-refractivity contribution in [1.29, 1.82) is 0 Å². The lowest BCUT2D eigenvalue weighted by atomic mass is 9.95. The number of halogens is 1. The standard InChI is InChI=1S/C24H40N4OS.HI/c1-3-30(29)23-10-8-9-22(17-23)27-24(25-2)26-18-20-11-13-21(14-12-20)19-28-15-6-4-5-7-16-28;/h11-14,22-23H,3-10,15-19H2,1-2H3,(H2,25,26,27);1H. The van der Waals surface area contributed by atoms with Gasteiger partial charge in [0, 0.05) is 48.0 Å². The predicted molar refractivity (Wildman–Crippen MR) is 144 cm³/mol. The average Bonchev–Trinajstić information content (AvgIpc) is 3.06. The second-order valence-corrected chi connectivity index (χ2v) is 10.7. The minimum absolute atomic E-state index is 0. The molecule has 2 aliphatic rings. The molecule has 1 heterocycles. The largest absolute Gasteiger partial charge is 0.354 e. The van der Waals surface area contributed by atoms with Crippen LogP contribution in [0.15, 0.2) is 29.3 Å². The van der Waals surface area contributed by atoms with Gasteiger partial charge in [0.05, 0.1) is 0 Å². The highest BCUT2D eigenvalue weighted by atomic mass is 127. The molecule has 1 saturated carbocycles. The lowest BCUT2D eigenvalue weighted by molar-refractivity contribution is 0.277. The van der Waals surface area contributed by atoms with Crippen LogP contribution in [0.5, 0.6) is 0 Å². The molecule has 3 unspecified atom stereocenters. The third-order valence-electron chi connectivity index (χ3n) is 6.43. The van der Waals surface area contributed by atoms with Crippen LogP contribution >= 0.6 is 24.0 Å². The first-order valence-corrected chi connectivity index (χ1v) is 13.2. The second-order valence-electron chi connectivity index (χ2n) is 8.73. The Labute approximate surface area is 208 Å². The van der Waals surface area contributed by atoms with Gasteiger partial charge in [0.15, 0.2) is 5.96 Å². The van der Waals surface area contributed by atoms with Gasteiger partial charge < -0.3 is 10.6 Å². The van der Waals surface area contributed by atoms with Gasteiger partial charge in [0.1, 0.15) is 0 Å². The van der Waals surface area contributed by atoms with Crippen molar-refractivity contribution < 1.29 is 4.21 Å². The number of nitrogens with one attached hydrogen (secondary N) is 2. The SMILES string of the molecule is CCS(=O)C1CCCC(NC(=NC)NCc2ccc(CN3CCCCCC3)cc2)C1.I. The Bertz CT molecular complexity index is 689. The van der Waals surface area contributed by atoms with Crippen molar-refractivity contribution in [2.45, 2.75) is 82.7 Å². The summed E-state index contributed by atoms with van der Waals surface area (Å²) in [5.74, 6) is 1.61. The number of guanidine groups is 1. The Balaban J connectivity index is 0.00000341. The fraction of sp³-hybridized carbons (Fsp3) is 0.708. The molecule has 3 rings (SSSR count). The van der Waals surface area contributed by atoms with Crippen molar-refractivity contribution >= 4 is 40.7 Å². The summed E-state index contributed by atoms with van der Waals surface area (Å²) in [7, 11) is 1.13. The van der Waals surface area contributed by atoms with Crippen molar-refractivity contribution in [3.05, 3.63) is 35.4 Å². The van der Waals surface area contributed by atoms with Gasteiger partial charge in [-0.2, -0.15) is 0 Å². The Kier molecular flexibility index (Phi) is 12.4. The van der Waals surface area contributed by atoms with E-state index >= 15 is 0 Å². The Hall–Kier alpha value is -0.670. The van der Waals surface area contributed by atoms with E-state index in [4.69, 9.17) is 0 Å². The number of likely N-dealkylation sites (tertiary alicyclic amines) is 1. The van der Waals surface area contributed by atoms with E-state index in [9.17, 15) is 4.21 Å². The average molecular weight is 561 g/mol. The zero-order valence-corrected chi connectivity index (χ0v) is 22.4. The third-order valence-corrected chi connectivity index (χ3v) is 8.18. The van der Waals surface area contributed by atoms with Crippen molar-refractivity contribution in [2.24, 2.45) is 4.99 Å². The van der Waals surface area contributed by atoms with Crippen LogP contribution in [0.4, 0.5) is 0 Å². The fourth-order valence-electron chi connectivity index (χ4n) is 4.64. The van der Waals surface area contributed by atoms with Crippen molar-refractivity contribution in [1.82, 2.24) is 15.5 Å². The first kappa shape index (κ1) is 26.6. The molecule has 5 nitrogen and oxygen atoms in total. The van der Waals surface area contributed by atoms with Gasteiger partial charge in [0.25, 0.3) is 0 Å². The van der Waals surface area contributed by atoms with Crippen LogP contribution < -0.4 is 10.6 Å². The zero-order valence-electron chi connectivity index (χ0n) is 19.3. The van der Waals surface area contributed by atoms with Crippen LogP contribution in [-0.4, -0.2) is 52.3 Å². The fourth-order valence-corrected chi connectivity index (χ4v) is 5.99. The summed E-state index contributed by atoms with van der Waals surface area (Å²) in [4.78, 5) is 7.00. The highest BCUT2D eigenvalue weighted by Crippen LogP contribution is 2.23. The molecule has 2 fully saturated rings. The van der Waals surface area contributed by atoms with E-state index < -0.39 is 10.8 Å². The first-order chi connectivity index (χ1) is 14.7. The molecule has 0 amide bonds. The van der Waals surface area contributed by atoms with E-state index in [1.165, 1.54) is 49.9 Å². The predicted octanol–water partition coefficient (Wildman–Crippen LogP) is 4.43. The third kappa shape index (κ3) is 9.00. The summed E-state index contributed by atoms with van der Waals surface area (Å²) in [5.41, 5.74) is 2.67. The molecule has 31 heavy (non-hydrogen) atoms. The molecule has 0 bridgehead atoms. The van der Waals surface area contributed by atoms with Crippen molar-refractivity contribution in [3.63, 3.8) is 0 Å². The first-order valence-electron chi connectivity index (χ1n) is 11.8. The van der Waals surface area contributed by atoms with E-state index in [0.717, 1.165) is 50.5 Å². The van der Waals surface area contributed by atoms with Crippen molar-refractivity contribution in [2.75, 3.05) is 25.9 Å². The number of rotatable bonds is 7. The number of hydrogen-bond donors (Lipinski definition) is 2. The van der Waals surface area contributed by atoms with Crippen LogP contribution in [0.1, 0.15) is 69.4 Å². The van der Waals surface area contributed by atoms with Crippen LogP contribution in [0.25, 0.3) is 0 Å². The van der Waals surface area contributed by atoms with Crippen LogP contribution in [0, 0.1) is 0 Å². The second kappa shape index (κ2) is 14.5. The van der Waals surface area contributed by atoms with Gasteiger partial charge in [-0.05, 0) is 56.3 Å². The van der Waals surface area contributed by atoms with E-state index in [1.807, 2.05) is 14.0 Å². The topological polar surface area (TPSA) is 56.7 Å². The molecular formula is C24H41IN4OS. The smallest absolute Gasteiger partial charge is 0.191 e. The van der Waals surface area contributed by atoms with E-state index in [0.29, 0.717) is 11.3 Å². The number of aliphatic imine (C=N–C) groups is 1. The van der Waals surface area contributed by atoms with Crippen LogP contribution in [0.2, 0.25) is 0 Å². The van der Waals surface area contributed by atoms with Gasteiger partial charge in [-0.1, -0.05) is 50.5 Å². The van der Waals surface area contributed by atoms with Gasteiger partial charge in [-0.3, -0.25) is 14.1 Å². The molecule has 1 aromatic rings. The van der Waals surface area contributed by atoms with Gasteiger partial charge >= 0.3 is 0 Å². The normalized spacial score (nSPS) is 24.0. The quantitative estimate of drug-likeness (QED) is 0.295. The maximum atomic E-state index is 12.2. The van der Waals surface area contributed by atoms with E-state index in [1.54, 1.807) is 0 Å². The highest BCUT2D eigenvalue weighted by Gasteiger charge is 2.26. The Morgan fingerprint density at radius 1 is 1.06 bits per heavy atom. The molecule has 7 heteroatoms. The molecule has 0 radical (unpaired) electrons. The zero-order chi connectivity index (χ0) is 21.2. The summed E-state index contributed by atoms with van der Waals surface area (Å²) in [6, 6.07) is 9.36. The molecule has 1 aliphatic heterocycles. The minimum atomic E-state index is -0.694. The summed E-state index contributed by atoms with van der Waals surface area (Å²) >= 11 is 0. The summed E-state index contributed by atoms with van der Waals surface area (Å²) in [6.45, 7) is 6.32. The van der Waals surface area contributed by atoms with Crippen molar-refractivity contribution in [3.8, 4) is 0 Å². The maximum absolute atomic E-state index is 12.2. The summed E-state index contributed by atoms with van der Waals surface area (Å²) < 4.78 is 12.2. The number of benzene rings is 1. The molecule has 176 valence electrons. The molecule has 0 aromatic heterocycles. The molecule has 1 aliphatic carbocycles. The number of hydrogen-bond acceptors (Lipinski definition) is 3. The van der Waals surface area contributed by atoms with E-state index in [2.05, 4.69) is 44.8 Å². The molecule has 2 N–H and O–H groups in total. The molecular weight excluding hydrogens is 519 g/mol.